The summed E-state index contributed by atoms with van der Waals surface area (Å²) in [4.78, 5) is 4.42. The molecule has 2 rings (SSSR count). The molecule has 0 aliphatic heterocycles. The van der Waals surface area contributed by atoms with Crippen LogP contribution in [0.4, 0.5) is 0 Å². The van der Waals surface area contributed by atoms with Gasteiger partial charge in [-0.3, -0.25) is 0 Å². The minimum Gasteiger partial charge on any atom is -0.497 e. The lowest BCUT2D eigenvalue weighted by molar-refractivity contribution is 0.292. The molecule has 0 saturated heterocycles. The Labute approximate surface area is 126 Å². The van der Waals surface area contributed by atoms with Gasteiger partial charge in [-0.2, -0.15) is 0 Å². The smallest absolute Gasteiger partial charge is 0.214 e. The highest BCUT2D eigenvalue weighted by molar-refractivity contribution is 5.28. The van der Waals surface area contributed by atoms with Crippen LogP contribution in [0.3, 0.4) is 0 Å². The van der Waals surface area contributed by atoms with E-state index in [1.54, 1.807) is 7.11 Å². The Hall–Kier alpha value is -2.07. The molecule has 4 heteroatoms. The number of nitrogens with one attached hydrogen (secondary N) is 1. The first-order valence-electron chi connectivity index (χ1n) is 7.15. The lowest BCUT2D eigenvalue weighted by atomic mass is 10.2. The Morgan fingerprint density at radius 3 is 2.52 bits per heavy atom. The third-order valence-corrected chi connectivity index (χ3v) is 3.11. The SMILES string of the molecule is CCNCc1cc(C)nc(OCc2ccc(OC)cc2)c1. The van der Waals surface area contributed by atoms with Crippen LogP contribution in [-0.4, -0.2) is 18.6 Å². The average molecular weight is 286 g/mol. The Balaban J connectivity index is 1.99. The predicted octanol–water partition coefficient (Wildman–Crippen LogP) is 3.09. The normalized spacial score (nSPS) is 10.4. The molecular formula is C17H22N2O2. The predicted molar refractivity (Wildman–Crippen MR) is 83.7 cm³/mol. The third kappa shape index (κ3) is 4.76. The summed E-state index contributed by atoms with van der Waals surface area (Å²) >= 11 is 0. The zero-order valence-corrected chi connectivity index (χ0v) is 12.8. The van der Waals surface area contributed by atoms with Crippen molar-refractivity contribution in [2.45, 2.75) is 27.0 Å². The second kappa shape index (κ2) is 7.64. The van der Waals surface area contributed by atoms with Gasteiger partial charge in [-0.1, -0.05) is 19.1 Å². The molecule has 0 bridgehead atoms. The summed E-state index contributed by atoms with van der Waals surface area (Å²) in [6, 6.07) is 11.9. The molecule has 0 unspecified atom stereocenters. The minimum atomic E-state index is 0.501. The number of pyridine rings is 1. The summed E-state index contributed by atoms with van der Waals surface area (Å²) < 4.78 is 10.9. The van der Waals surface area contributed by atoms with E-state index < -0.39 is 0 Å². The van der Waals surface area contributed by atoms with Gasteiger partial charge in [0.25, 0.3) is 0 Å². The fourth-order valence-corrected chi connectivity index (χ4v) is 2.03. The lowest BCUT2D eigenvalue weighted by Gasteiger charge is -2.09. The molecule has 4 nitrogen and oxygen atoms in total. The molecule has 1 aromatic carbocycles. The van der Waals surface area contributed by atoms with Crippen molar-refractivity contribution in [2.24, 2.45) is 0 Å². The number of methoxy groups -OCH3 is 1. The second-order valence-corrected chi connectivity index (χ2v) is 4.87. The molecule has 0 spiro atoms. The molecule has 1 aromatic heterocycles. The van der Waals surface area contributed by atoms with Gasteiger partial charge >= 0.3 is 0 Å². The molecule has 0 atom stereocenters. The maximum atomic E-state index is 5.79. The topological polar surface area (TPSA) is 43.4 Å². The maximum Gasteiger partial charge on any atom is 0.214 e. The van der Waals surface area contributed by atoms with Crippen LogP contribution in [-0.2, 0) is 13.2 Å². The van der Waals surface area contributed by atoms with Crippen LogP contribution in [0.15, 0.2) is 36.4 Å². The van der Waals surface area contributed by atoms with Crippen LogP contribution < -0.4 is 14.8 Å². The van der Waals surface area contributed by atoms with E-state index in [1.165, 1.54) is 5.56 Å². The molecule has 0 aliphatic rings. The van der Waals surface area contributed by atoms with Crippen molar-refractivity contribution in [1.29, 1.82) is 0 Å². The minimum absolute atomic E-state index is 0.501. The molecule has 21 heavy (non-hydrogen) atoms. The largest absolute Gasteiger partial charge is 0.497 e. The Morgan fingerprint density at radius 1 is 1.10 bits per heavy atom. The van der Waals surface area contributed by atoms with Gasteiger partial charge in [-0.25, -0.2) is 4.98 Å². The van der Waals surface area contributed by atoms with E-state index in [0.29, 0.717) is 12.5 Å². The van der Waals surface area contributed by atoms with Crippen molar-refractivity contribution >= 4 is 0 Å². The van der Waals surface area contributed by atoms with Gasteiger partial charge in [0.05, 0.1) is 7.11 Å². The monoisotopic (exact) mass is 286 g/mol. The molecule has 1 N–H and O–H groups in total. The van der Waals surface area contributed by atoms with Crippen molar-refractivity contribution in [2.75, 3.05) is 13.7 Å². The first-order chi connectivity index (χ1) is 10.2. The van der Waals surface area contributed by atoms with Gasteiger partial charge in [0.15, 0.2) is 0 Å². The van der Waals surface area contributed by atoms with E-state index in [2.05, 4.69) is 23.3 Å². The number of aryl methyl sites for hydroxylation is 1. The van der Waals surface area contributed by atoms with Crippen LogP contribution in [0.1, 0.15) is 23.7 Å². The molecule has 0 radical (unpaired) electrons. The van der Waals surface area contributed by atoms with Gasteiger partial charge in [0.2, 0.25) is 5.88 Å². The highest BCUT2D eigenvalue weighted by atomic mass is 16.5. The van der Waals surface area contributed by atoms with Crippen LogP contribution in [0.25, 0.3) is 0 Å². The van der Waals surface area contributed by atoms with Gasteiger partial charge in [-0.15, -0.1) is 0 Å². The summed E-state index contributed by atoms with van der Waals surface area (Å²) in [5.74, 6) is 1.51. The zero-order valence-electron chi connectivity index (χ0n) is 12.8. The number of benzene rings is 1. The fraction of sp³-hybridized carbons (Fsp3) is 0.353. The molecule has 2 aromatic rings. The highest BCUT2D eigenvalue weighted by Crippen LogP contribution is 2.16. The summed E-state index contributed by atoms with van der Waals surface area (Å²) in [5.41, 5.74) is 3.25. The molecule has 112 valence electrons. The summed E-state index contributed by atoms with van der Waals surface area (Å²) in [5, 5.41) is 3.31. The van der Waals surface area contributed by atoms with Gasteiger partial charge in [-0.05, 0) is 42.8 Å². The number of nitrogens with zero attached hydrogens (tertiary/aromatic N) is 1. The number of hydrogen-bond donors (Lipinski definition) is 1. The van der Waals surface area contributed by atoms with Crippen molar-refractivity contribution in [3.05, 3.63) is 53.2 Å². The van der Waals surface area contributed by atoms with E-state index in [9.17, 15) is 0 Å². The van der Waals surface area contributed by atoms with Crippen molar-refractivity contribution < 1.29 is 9.47 Å². The first kappa shape index (κ1) is 15.3. The van der Waals surface area contributed by atoms with Crippen LogP contribution >= 0.6 is 0 Å². The summed E-state index contributed by atoms with van der Waals surface area (Å²) in [7, 11) is 1.66. The number of hydrogen-bond acceptors (Lipinski definition) is 4. The number of rotatable bonds is 7. The van der Waals surface area contributed by atoms with E-state index in [1.807, 2.05) is 37.3 Å². The van der Waals surface area contributed by atoms with Crippen molar-refractivity contribution in [3.63, 3.8) is 0 Å². The Kier molecular flexibility index (Phi) is 5.58. The molecular weight excluding hydrogens is 264 g/mol. The van der Waals surface area contributed by atoms with E-state index in [-0.39, 0.29) is 0 Å². The molecule has 0 amide bonds. The summed E-state index contributed by atoms with van der Waals surface area (Å²) in [6.07, 6.45) is 0. The average Bonchev–Trinajstić information content (AvgIpc) is 2.51. The van der Waals surface area contributed by atoms with Crippen LogP contribution in [0.5, 0.6) is 11.6 Å². The zero-order chi connectivity index (χ0) is 15.1. The lowest BCUT2D eigenvalue weighted by Crippen LogP contribution is -2.12. The highest BCUT2D eigenvalue weighted by Gasteiger charge is 2.02. The van der Waals surface area contributed by atoms with E-state index in [4.69, 9.17) is 9.47 Å². The summed E-state index contributed by atoms with van der Waals surface area (Å²) in [6.45, 7) is 6.36. The standard InChI is InChI=1S/C17H22N2O2/c1-4-18-11-15-9-13(2)19-17(10-15)21-12-14-5-7-16(20-3)8-6-14/h5-10,18H,4,11-12H2,1-3H3. The molecule has 1 heterocycles. The fourth-order valence-electron chi connectivity index (χ4n) is 2.03. The molecule has 0 saturated carbocycles. The Bertz CT molecular complexity index is 568. The Morgan fingerprint density at radius 2 is 1.86 bits per heavy atom. The van der Waals surface area contributed by atoms with Gasteiger partial charge in [0.1, 0.15) is 12.4 Å². The van der Waals surface area contributed by atoms with Crippen molar-refractivity contribution in [1.82, 2.24) is 10.3 Å². The third-order valence-electron chi connectivity index (χ3n) is 3.11. The van der Waals surface area contributed by atoms with Crippen molar-refractivity contribution in [3.8, 4) is 11.6 Å². The van der Waals surface area contributed by atoms with Gasteiger partial charge in [0, 0.05) is 18.3 Å². The van der Waals surface area contributed by atoms with E-state index >= 15 is 0 Å². The number of ether oxygens (including phenoxy) is 2. The molecule has 0 fully saturated rings. The molecule has 0 aliphatic carbocycles. The van der Waals surface area contributed by atoms with Crippen LogP contribution in [0, 0.1) is 6.92 Å². The number of aromatic nitrogens is 1. The van der Waals surface area contributed by atoms with Crippen LogP contribution in [0.2, 0.25) is 0 Å². The van der Waals surface area contributed by atoms with Gasteiger partial charge < -0.3 is 14.8 Å². The quantitative estimate of drug-likeness (QED) is 0.849. The first-order valence-corrected chi connectivity index (χ1v) is 7.15. The second-order valence-electron chi connectivity index (χ2n) is 4.87. The van der Waals surface area contributed by atoms with E-state index in [0.717, 1.165) is 30.1 Å². The maximum absolute atomic E-state index is 5.79.